The van der Waals surface area contributed by atoms with Crippen molar-refractivity contribution < 1.29 is 0 Å². The lowest BCUT2D eigenvalue weighted by molar-refractivity contribution is 0.142. The largest absolute Gasteiger partial charge is 0.245 e. The van der Waals surface area contributed by atoms with Crippen molar-refractivity contribution in [2.75, 3.05) is 0 Å². The van der Waals surface area contributed by atoms with Gasteiger partial charge in [-0.25, -0.2) is 14.0 Å². The fourth-order valence-corrected chi connectivity index (χ4v) is 4.63. The molecule has 0 radical (unpaired) electrons. The number of hydrogen-bond acceptors (Lipinski definition) is 3. The topological polar surface area (TPSA) is 53.5 Å². The van der Waals surface area contributed by atoms with Crippen LogP contribution >= 0.6 is 0 Å². The Labute approximate surface area is 222 Å². The Morgan fingerprint density at radius 1 is 0.421 bits per heavy atom. The highest BCUT2D eigenvalue weighted by molar-refractivity contribution is 5.60. The number of benzene rings is 3. The molecule has 0 unspecified atom stereocenters. The number of rotatable bonds is 6. The highest BCUT2D eigenvalue weighted by atomic mass is 15.6. The van der Waals surface area contributed by atoms with E-state index >= 15 is 0 Å². The van der Waals surface area contributed by atoms with E-state index in [4.69, 9.17) is 15.3 Å². The van der Waals surface area contributed by atoms with E-state index in [1.54, 1.807) is 0 Å². The van der Waals surface area contributed by atoms with Gasteiger partial charge in [0.2, 0.25) is 5.79 Å². The van der Waals surface area contributed by atoms with Gasteiger partial charge in [-0.2, -0.15) is 15.3 Å². The van der Waals surface area contributed by atoms with Crippen molar-refractivity contribution in [3.05, 3.63) is 126 Å². The molecule has 38 heavy (non-hydrogen) atoms. The normalized spacial score (nSPS) is 11.7. The Balaban J connectivity index is 1.46. The van der Waals surface area contributed by atoms with E-state index in [1.807, 2.05) is 50.8 Å². The maximum atomic E-state index is 5.02. The van der Waals surface area contributed by atoms with E-state index in [0.29, 0.717) is 0 Å². The van der Waals surface area contributed by atoms with Gasteiger partial charge in [-0.15, -0.1) is 0 Å². The second-order valence-corrected chi connectivity index (χ2v) is 10.0. The average Bonchev–Trinajstić information content (AvgIpc) is 3.71. The SMILES string of the molecule is Cc1ccc(-c2ccn(C(C)(n3ccc(-c4ccc(C)cc4)n3)n3ccc(-c4ccc(C)cc4)n3)n2)cc1. The van der Waals surface area contributed by atoms with Crippen LogP contribution in [0, 0.1) is 20.8 Å². The molecule has 0 aliphatic carbocycles. The molecule has 0 saturated carbocycles. The third-order valence-corrected chi connectivity index (χ3v) is 7.11. The second-order valence-electron chi connectivity index (χ2n) is 10.0. The van der Waals surface area contributed by atoms with Crippen LogP contribution in [0.5, 0.6) is 0 Å². The van der Waals surface area contributed by atoms with Crippen molar-refractivity contribution in [3.8, 4) is 33.8 Å². The monoisotopic (exact) mass is 498 g/mol. The minimum atomic E-state index is -0.866. The molecule has 0 N–H and O–H groups in total. The zero-order valence-electron chi connectivity index (χ0n) is 22.1. The molecule has 0 aliphatic heterocycles. The zero-order valence-corrected chi connectivity index (χ0v) is 22.1. The Bertz CT molecular complexity index is 1480. The molecular formula is C32H30N6. The minimum Gasteiger partial charge on any atom is -0.224 e. The summed E-state index contributed by atoms with van der Waals surface area (Å²) < 4.78 is 5.79. The first kappa shape index (κ1) is 23.7. The van der Waals surface area contributed by atoms with Crippen LogP contribution in [0.25, 0.3) is 33.8 Å². The van der Waals surface area contributed by atoms with Crippen molar-refractivity contribution in [2.45, 2.75) is 33.5 Å². The van der Waals surface area contributed by atoms with Crippen LogP contribution in [-0.4, -0.2) is 29.3 Å². The van der Waals surface area contributed by atoms with Gasteiger partial charge in [0.15, 0.2) is 0 Å². The average molecular weight is 499 g/mol. The molecule has 0 atom stereocenters. The van der Waals surface area contributed by atoms with Crippen LogP contribution in [0.2, 0.25) is 0 Å². The molecule has 0 aliphatic rings. The van der Waals surface area contributed by atoms with E-state index in [1.165, 1.54) is 16.7 Å². The second kappa shape index (κ2) is 9.30. The van der Waals surface area contributed by atoms with Crippen LogP contribution in [0.4, 0.5) is 0 Å². The van der Waals surface area contributed by atoms with E-state index in [0.717, 1.165) is 33.8 Å². The molecule has 0 spiro atoms. The summed E-state index contributed by atoms with van der Waals surface area (Å²) >= 11 is 0. The van der Waals surface area contributed by atoms with E-state index in [-0.39, 0.29) is 0 Å². The maximum Gasteiger partial charge on any atom is 0.245 e. The van der Waals surface area contributed by atoms with E-state index in [9.17, 15) is 0 Å². The molecule has 0 amide bonds. The van der Waals surface area contributed by atoms with E-state index < -0.39 is 5.79 Å². The van der Waals surface area contributed by atoms with Gasteiger partial charge in [0.25, 0.3) is 0 Å². The first-order valence-corrected chi connectivity index (χ1v) is 12.8. The van der Waals surface area contributed by atoms with Crippen molar-refractivity contribution in [2.24, 2.45) is 0 Å². The van der Waals surface area contributed by atoms with Crippen molar-refractivity contribution >= 4 is 0 Å². The summed E-state index contributed by atoms with van der Waals surface area (Å²) in [4.78, 5) is 0. The van der Waals surface area contributed by atoms with Gasteiger partial charge in [-0.1, -0.05) is 89.5 Å². The molecule has 3 aromatic heterocycles. The fraction of sp³-hybridized carbons (Fsp3) is 0.156. The summed E-state index contributed by atoms with van der Waals surface area (Å²) in [6.07, 6.45) is 5.99. The first-order chi connectivity index (χ1) is 18.4. The number of nitrogens with zero attached hydrogens (tertiary/aromatic N) is 6. The summed E-state index contributed by atoms with van der Waals surface area (Å²) in [5.41, 5.74) is 9.55. The summed E-state index contributed by atoms with van der Waals surface area (Å²) in [5, 5.41) is 15.1. The quantitative estimate of drug-likeness (QED) is 0.250. The Kier molecular flexibility index (Phi) is 5.80. The molecule has 188 valence electrons. The highest BCUT2D eigenvalue weighted by Crippen LogP contribution is 2.28. The third-order valence-electron chi connectivity index (χ3n) is 7.11. The molecule has 6 heteroatoms. The molecule has 6 aromatic rings. The minimum absolute atomic E-state index is 0.866. The molecule has 0 fully saturated rings. The Morgan fingerprint density at radius 2 is 0.684 bits per heavy atom. The number of aryl methyl sites for hydroxylation is 3. The van der Waals surface area contributed by atoms with Crippen LogP contribution in [-0.2, 0) is 5.79 Å². The predicted molar refractivity (Wildman–Crippen MR) is 152 cm³/mol. The van der Waals surface area contributed by atoms with Crippen LogP contribution in [0.1, 0.15) is 23.6 Å². The fourth-order valence-electron chi connectivity index (χ4n) is 4.63. The molecule has 3 aromatic carbocycles. The Morgan fingerprint density at radius 3 is 0.947 bits per heavy atom. The summed E-state index contributed by atoms with van der Waals surface area (Å²) in [5.74, 6) is -0.866. The maximum absolute atomic E-state index is 5.02. The van der Waals surface area contributed by atoms with Crippen molar-refractivity contribution in [1.82, 2.24) is 29.3 Å². The van der Waals surface area contributed by atoms with Gasteiger partial charge in [-0.3, -0.25) is 0 Å². The van der Waals surface area contributed by atoms with Crippen molar-refractivity contribution in [3.63, 3.8) is 0 Å². The lowest BCUT2D eigenvalue weighted by Crippen LogP contribution is -2.46. The summed E-state index contributed by atoms with van der Waals surface area (Å²) in [6.45, 7) is 8.35. The standard InChI is InChI=1S/C32H30N6/c1-23-5-11-26(12-6-23)29-17-20-36(33-29)32(4,37-21-18-30(34-37)27-13-7-24(2)8-14-27)38-22-19-31(35-38)28-15-9-25(3)10-16-28/h5-22H,1-4H3. The summed E-state index contributed by atoms with van der Waals surface area (Å²) in [6, 6.07) is 31.4. The molecular weight excluding hydrogens is 468 g/mol. The van der Waals surface area contributed by atoms with E-state index in [2.05, 4.69) is 100 Å². The van der Waals surface area contributed by atoms with Gasteiger partial charge in [0, 0.05) is 42.2 Å². The first-order valence-electron chi connectivity index (χ1n) is 12.8. The van der Waals surface area contributed by atoms with Crippen LogP contribution in [0.3, 0.4) is 0 Å². The van der Waals surface area contributed by atoms with Gasteiger partial charge in [0.05, 0.1) is 17.1 Å². The van der Waals surface area contributed by atoms with Crippen molar-refractivity contribution in [1.29, 1.82) is 0 Å². The third kappa shape index (κ3) is 4.24. The molecule has 0 bridgehead atoms. The van der Waals surface area contributed by atoms with Crippen LogP contribution < -0.4 is 0 Å². The van der Waals surface area contributed by atoms with Gasteiger partial charge in [-0.05, 0) is 39.0 Å². The van der Waals surface area contributed by atoms with Gasteiger partial charge >= 0.3 is 0 Å². The molecule has 6 nitrogen and oxygen atoms in total. The highest BCUT2D eigenvalue weighted by Gasteiger charge is 2.34. The lowest BCUT2D eigenvalue weighted by atomic mass is 10.1. The Hall–Kier alpha value is -4.71. The smallest absolute Gasteiger partial charge is 0.224 e. The zero-order chi connectivity index (χ0) is 26.3. The van der Waals surface area contributed by atoms with Crippen LogP contribution in [0.15, 0.2) is 110 Å². The number of aromatic nitrogens is 6. The summed E-state index contributed by atoms with van der Waals surface area (Å²) in [7, 11) is 0. The molecule has 6 rings (SSSR count). The van der Waals surface area contributed by atoms with Gasteiger partial charge in [0.1, 0.15) is 0 Å². The lowest BCUT2D eigenvalue weighted by Gasteiger charge is -2.31. The molecule has 0 saturated heterocycles. The molecule has 3 heterocycles. The predicted octanol–water partition coefficient (Wildman–Crippen LogP) is 6.93. The number of hydrogen-bond donors (Lipinski definition) is 0. The van der Waals surface area contributed by atoms with Gasteiger partial charge < -0.3 is 0 Å².